The van der Waals surface area contributed by atoms with E-state index in [2.05, 4.69) is 10.8 Å². The van der Waals surface area contributed by atoms with Crippen LogP contribution >= 0.6 is 0 Å². The lowest BCUT2D eigenvalue weighted by molar-refractivity contribution is 0.411. The number of ether oxygens (including phenoxy) is 1. The fourth-order valence-corrected chi connectivity index (χ4v) is 4.00. The van der Waals surface area contributed by atoms with Gasteiger partial charge in [-0.05, 0) is 62.6 Å². The van der Waals surface area contributed by atoms with Gasteiger partial charge in [0.2, 0.25) is 10.0 Å². The number of rotatable bonds is 5. The van der Waals surface area contributed by atoms with E-state index in [-0.39, 0.29) is 10.9 Å². The van der Waals surface area contributed by atoms with Gasteiger partial charge >= 0.3 is 0 Å². The normalized spacial score (nSPS) is 12.9. The van der Waals surface area contributed by atoms with Gasteiger partial charge in [0.05, 0.1) is 12.0 Å². The van der Waals surface area contributed by atoms with E-state index in [1.165, 1.54) is 0 Å². The molecule has 0 saturated carbocycles. The Labute approximate surface area is 138 Å². The van der Waals surface area contributed by atoms with Crippen molar-refractivity contribution in [2.75, 3.05) is 7.11 Å². The van der Waals surface area contributed by atoms with E-state index in [0.29, 0.717) is 5.75 Å². The van der Waals surface area contributed by atoms with Gasteiger partial charge in [-0.3, -0.25) is 0 Å². The summed E-state index contributed by atoms with van der Waals surface area (Å²) in [6.45, 7) is 7.69. The van der Waals surface area contributed by atoms with Crippen LogP contribution in [0.1, 0.15) is 35.2 Å². The largest absolute Gasteiger partial charge is 0.496 e. The lowest BCUT2D eigenvalue weighted by Crippen LogP contribution is -2.27. The highest BCUT2D eigenvalue weighted by Crippen LogP contribution is 2.24. The molecule has 124 valence electrons. The summed E-state index contributed by atoms with van der Waals surface area (Å²) in [6.07, 6.45) is 0. The van der Waals surface area contributed by atoms with E-state index >= 15 is 0 Å². The average molecular weight is 333 g/mol. The van der Waals surface area contributed by atoms with E-state index in [0.717, 1.165) is 22.3 Å². The number of benzene rings is 2. The van der Waals surface area contributed by atoms with Gasteiger partial charge < -0.3 is 4.74 Å². The molecule has 4 nitrogen and oxygen atoms in total. The van der Waals surface area contributed by atoms with Crippen LogP contribution in [0.4, 0.5) is 0 Å². The first-order valence-corrected chi connectivity index (χ1v) is 8.97. The number of nitrogens with one attached hydrogen (secondary N) is 1. The van der Waals surface area contributed by atoms with Crippen molar-refractivity contribution in [3.63, 3.8) is 0 Å². The van der Waals surface area contributed by atoms with Crippen LogP contribution in [0.2, 0.25) is 0 Å². The maximum atomic E-state index is 12.6. The molecule has 1 unspecified atom stereocenters. The predicted molar refractivity (Wildman–Crippen MR) is 92.4 cm³/mol. The third-order valence-electron chi connectivity index (χ3n) is 3.90. The summed E-state index contributed by atoms with van der Waals surface area (Å²) in [5.74, 6) is 0.673. The van der Waals surface area contributed by atoms with E-state index < -0.39 is 10.0 Å². The van der Waals surface area contributed by atoms with Crippen LogP contribution in [-0.4, -0.2) is 15.5 Å². The van der Waals surface area contributed by atoms with Crippen LogP contribution in [0.25, 0.3) is 0 Å². The van der Waals surface area contributed by atoms with Crippen LogP contribution in [0.15, 0.2) is 41.3 Å². The molecule has 23 heavy (non-hydrogen) atoms. The van der Waals surface area contributed by atoms with E-state index in [4.69, 9.17) is 4.74 Å². The summed E-state index contributed by atoms with van der Waals surface area (Å²) in [5.41, 5.74) is 4.00. The van der Waals surface area contributed by atoms with Gasteiger partial charge in [0.15, 0.2) is 0 Å². The highest BCUT2D eigenvalue weighted by molar-refractivity contribution is 7.89. The molecule has 0 spiro atoms. The van der Waals surface area contributed by atoms with Crippen molar-refractivity contribution in [3.8, 4) is 5.75 Å². The molecule has 1 N–H and O–H groups in total. The van der Waals surface area contributed by atoms with Crippen LogP contribution in [-0.2, 0) is 10.0 Å². The van der Waals surface area contributed by atoms with Gasteiger partial charge in [-0.1, -0.05) is 23.8 Å². The molecule has 2 aromatic carbocycles. The molecule has 0 radical (unpaired) electrons. The van der Waals surface area contributed by atoms with Crippen molar-refractivity contribution >= 4 is 10.0 Å². The summed E-state index contributed by atoms with van der Waals surface area (Å²) >= 11 is 0. The summed E-state index contributed by atoms with van der Waals surface area (Å²) in [6, 6.07) is 10.6. The predicted octanol–water partition coefficient (Wildman–Crippen LogP) is 3.66. The van der Waals surface area contributed by atoms with Crippen molar-refractivity contribution < 1.29 is 13.2 Å². The molecule has 0 fully saturated rings. The molecule has 0 aliphatic rings. The Balaban J connectivity index is 2.28. The molecule has 0 heterocycles. The number of aryl methyl sites for hydroxylation is 3. The minimum atomic E-state index is -3.59. The topological polar surface area (TPSA) is 55.4 Å². The van der Waals surface area contributed by atoms with Crippen LogP contribution in [0, 0.1) is 20.8 Å². The Morgan fingerprint density at radius 2 is 1.70 bits per heavy atom. The Kier molecular flexibility index (Phi) is 5.12. The van der Waals surface area contributed by atoms with Crippen LogP contribution in [0.3, 0.4) is 0 Å². The number of sulfonamides is 1. The third kappa shape index (κ3) is 3.92. The fourth-order valence-electron chi connectivity index (χ4n) is 2.69. The molecular weight excluding hydrogens is 310 g/mol. The second kappa shape index (κ2) is 6.72. The Morgan fingerprint density at radius 1 is 1.00 bits per heavy atom. The van der Waals surface area contributed by atoms with Crippen molar-refractivity contribution in [1.29, 1.82) is 0 Å². The number of hydrogen-bond donors (Lipinski definition) is 1. The zero-order valence-corrected chi connectivity index (χ0v) is 15.0. The van der Waals surface area contributed by atoms with Gasteiger partial charge in [-0.2, -0.15) is 0 Å². The smallest absolute Gasteiger partial charge is 0.241 e. The fraction of sp³-hybridized carbons (Fsp3) is 0.333. The van der Waals surface area contributed by atoms with Gasteiger partial charge in [0.25, 0.3) is 0 Å². The second-order valence-corrected chi connectivity index (χ2v) is 7.55. The number of hydrogen-bond acceptors (Lipinski definition) is 3. The molecule has 2 aromatic rings. The average Bonchev–Trinajstić information content (AvgIpc) is 2.46. The molecule has 1 atom stereocenters. The maximum Gasteiger partial charge on any atom is 0.241 e. The Hall–Kier alpha value is -1.85. The van der Waals surface area contributed by atoms with Crippen molar-refractivity contribution in [2.45, 2.75) is 38.6 Å². The summed E-state index contributed by atoms with van der Waals surface area (Å²) < 4.78 is 33.1. The molecule has 2 rings (SSSR count). The van der Waals surface area contributed by atoms with Gasteiger partial charge in [0, 0.05) is 6.04 Å². The van der Waals surface area contributed by atoms with Crippen molar-refractivity contribution in [1.82, 2.24) is 4.72 Å². The van der Waals surface area contributed by atoms with Gasteiger partial charge in [0.1, 0.15) is 5.75 Å². The van der Waals surface area contributed by atoms with Crippen molar-refractivity contribution in [3.05, 3.63) is 58.7 Å². The highest BCUT2D eigenvalue weighted by Gasteiger charge is 2.20. The first-order valence-electron chi connectivity index (χ1n) is 7.48. The monoisotopic (exact) mass is 333 g/mol. The first kappa shape index (κ1) is 17.5. The van der Waals surface area contributed by atoms with Gasteiger partial charge in [-0.25, -0.2) is 13.1 Å². The third-order valence-corrected chi connectivity index (χ3v) is 5.44. The van der Waals surface area contributed by atoms with Crippen molar-refractivity contribution in [2.24, 2.45) is 0 Å². The summed E-state index contributed by atoms with van der Waals surface area (Å²) in [5, 5.41) is 0. The maximum absolute atomic E-state index is 12.6. The van der Waals surface area contributed by atoms with E-state index in [1.54, 1.807) is 25.3 Å². The lowest BCUT2D eigenvalue weighted by atomic mass is 10.0. The molecule has 0 aliphatic carbocycles. The molecule has 0 amide bonds. The zero-order chi connectivity index (χ0) is 17.2. The molecule has 0 aromatic heterocycles. The first-order chi connectivity index (χ1) is 10.7. The summed E-state index contributed by atoms with van der Waals surface area (Å²) in [4.78, 5) is 0.243. The Bertz CT molecular complexity index is 813. The highest BCUT2D eigenvalue weighted by atomic mass is 32.2. The molecule has 0 aliphatic heterocycles. The summed E-state index contributed by atoms with van der Waals surface area (Å²) in [7, 11) is -2.02. The SMILES string of the molecule is COc1ccc(S(=O)(=O)NC(C)c2ccc(C)cc2C)cc1C. The standard InChI is InChI=1S/C18H23NO3S/c1-12-6-8-17(13(2)10-12)15(4)19-23(20,21)16-7-9-18(22-5)14(3)11-16/h6-11,15,19H,1-5H3. The minimum absolute atomic E-state index is 0.243. The molecular formula is C18H23NO3S. The lowest BCUT2D eigenvalue weighted by Gasteiger charge is -2.18. The van der Waals surface area contributed by atoms with E-state index in [1.807, 2.05) is 39.8 Å². The van der Waals surface area contributed by atoms with Gasteiger partial charge in [-0.15, -0.1) is 0 Å². The number of methoxy groups -OCH3 is 1. The van der Waals surface area contributed by atoms with Crippen LogP contribution in [0.5, 0.6) is 5.75 Å². The zero-order valence-electron chi connectivity index (χ0n) is 14.2. The Morgan fingerprint density at radius 3 is 2.26 bits per heavy atom. The second-order valence-electron chi connectivity index (χ2n) is 5.83. The van der Waals surface area contributed by atoms with Crippen LogP contribution < -0.4 is 9.46 Å². The minimum Gasteiger partial charge on any atom is -0.496 e. The molecule has 5 heteroatoms. The molecule has 0 saturated heterocycles. The van der Waals surface area contributed by atoms with E-state index in [9.17, 15) is 8.42 Å². The molecule has 0 bridgehead atoms. The quantitative estimate of drug-likeness (QED) is 0.908.